The minimum absolute atomic E-state index is 0.0154. The van der Waals surface area contributed by atoms with Crippen LogP contribution in [-0.4, -0.2) is 32.0 Å². The third-order valence-electron chi connectivity index (χ3n) is 5.08. The van der Waals surface area contributed by atoms with Crippen molar-refractivity contribution in [2.24, 2.45) is 0 Å². The second-order valence-electron chi connectivity index (χ2n) is 6.83. The summed E-state index contributed by atoms with van der Waals surface area (Å²) in [5.74, 6) is -1.33. The summed E-state index contributed by atoms with van der Waals surface area (Å²) in [5, 5.41) is 3.54. The SMILES string of the molecule is Cc1nc2nc(C(F)(F)F)nn2c(C)c1CCC(=O)N1CCc2ccccc21. The monoisotopic (exact) mass is 389 g/mol. The molecular weight excluding hydrogens is 371 g/mol. The van der Waals surface area contributed by atoms with E-state index in [9.17, 15) is 18.0 Å². The van der Waals surface area contributed by atoms with Crippen LogP contribution < -0.4 is 4.90 Å². The Morgan fingerprint density at radius 1 is 1.18 bits per heavy atom. The Labute approximate surface area is 159 Å². The van der Waals surface area contributed by atoms with Crippen molar-refractivity contribution in [3.63, 3.8) is 0 Å². The first kappa shape index (κ1) is 18.4. The third-order valence-corrected chi connectivity index (χ3v) is 5.08. The number of anilines is 1. The van der Waals surface area contributed by atoms with Crippen molar-refractivity contribution in [3.8, 4) is 0 Å². The molecule has 0 aliphatic carbocycles. The van der Waals surface area contributed by atoms with Gasteiger partial charge in [-0.15, -0.1) is 5.10 Å². The van der Waals surface area contributed by atoms with Crippen molar-refractivity contribution in [1.82, 2.24) is 19.6 Å². The summed E-state index contributed by atoms with van der Waals surface area (Å²) < 4.78 is 39.8. The molecule has 1 aliphatic heterocycles. The highest BCUT2D eigenvalue weighted by Crippen LogP contribution is 2.29. The van der Waals surface area contributed by atoms with Crippen LogP contribution in [-0.2, 0) is 23.8 Å². The van der Waals surface area contributed by atoms with Gasteiger partial charge in [0.25, 0.3) is 11.6 Å². The number of carbonyl (C=O) groups excluding carboxylic acids is 1. The molecule has 146 valence electrons. The summed E-state index contributed by atoms with van der Waals surface area (Å²) in [6.45, 7) is 4.02. The van der Waals surface area contributed by atoms with E-state index >= 15 is 0 Å². The molecule has 3 aromatic rings. The number of rotatable bonds is 3. The number of benzene rings is 1. The fourth-order valence-corrected chi connectivity index (χ4v) is 3.65. The van der Waals surface area contributed by atoms with E-state index in [1.54, 1.807) is 18.7 Å². The van der Waals surface area contributed by atoms with Gasteiger partial charge in [-0.1, -0.05) is 18.2 Å². The summed E-state index contributed by atoms with van der Waals surface area (Å²) in [4.78, 5) is 22.1. The molecule has 0 bridgehead atoms. The van der Waals surface area contributed by atoms with Crippen molar-refractivity contribution >= 4 is 17.4 Å². The van der Waals surface area contributed by atoms with Crippen LogP contribution in [0.15, 0.2) is 24.3 Å². The largest absolute Gasteiger partial charge is 0.453 e. The molecular formula is C19H18F3N5O. The predicted octanol–water partition coefficient (Wildman–Crippen LogP) is 3.28. The van der Waals surface area contributed by atoms with Crippen LogP contribution in [0.3, 0.4) is 0 Å². The number of para-hydroxylation sites is 1. The molecule has 3 heterocycles. The van der Waals surface area contributed by atoms with E-state index in [0.29, 0.717) is 29.9 Å². The molecule has 0 N–H and O–H groups in total. The second-order valence-corrected chi connectivity index (χ2v) is 6.83. The minimum atomic E-state index is -4.63. The lowest BCUT2D eigenvalue weighted by Crippen LogP contribution is -2.29. The highest BCUT2D eigenvalue weighted by atomic mass is 19.4. The molecule has 0 unspecified atom stereocenters. The maximum absolute atomic E-state index is 12.9. The molecule has 0 saturated heterocycles. The number of carbonyl (C=O) groups is 1. The molecule has 2 aromatic heterocycles. The lowest BCUT2D eigenvalue weighted by Gasteiger charge is -2.18. The Kier molecular flexibility index (Phi) is 4.32. The molecule has 1 aliphatic rings. The van der Waals surface area contributed by atoms with Crippen LogP contribution in [0.2, 0.25) is 0 Å². The van der Waals surface area contributed by atoms with Gasteiger partial charge in [-0.05, 0) is 43.9 Å². The first-order valence-corrected chi connectivity index (χ1v) is 8.94. The number of alkyl halides is 3. The van der Waals surface area contributed by atoms with Gasteiger partial charge < -0.3 is 4.90 Å². The van der Waals surface area contributed by atoms with E-state index in [1.807, 2.05) is 24.3 Å². The average molecular weight is 389 g/mol. The average Bonchev–Trinajstić information content (AvgIpc) is 3.25. The summed E-state index contributed by atoms with van der Waals surface area (Å²) in [5.41, 5.74) is 3.86. The van der Waals surface area contributed by atoms with E-state index in [2.05, 4.69) is 15.1 Å². The molecule has 1 aromatic carbocycles. The smallest absolute Gasteiger partial charge is 0.312 e. The summed E-state index contributed by atoms with van der Waals surface area (Å²) in [6, 6.07) is 7.80. The predicted molar refractivity (Wildman–Crippen MR) is 96.1 cm³/mol. The summed E-state index contributed by atoms with van der Waals surface area (Å²) in [7, 11) is 0. The van der Waals surface area contributed by atoms with Gasteiger partial charge in [-0.25, -0.2) is 9.50 Å². The number of nitrogens with zero attached hydrogens (tertiary/aromatic N) is 5. The van der Waals surface area contributed by atoms with Crippen molar-refractivity contribution in [2.75, 3.05) is 11.4 Å². The Bertz CT molecular complexity index is 1070. The summed E-state index contributed by atoms with van der Waals surface area (Å²) >= 11 is 0. The fourth-order valence-electron chi connectivity index (χ4n) is 3.65. The van der Waals surface area contributed by atoms with Crippen LogP contribution >= 0.6 is 0 Å². The van der Waals surface area contributed by atoms with E-state index < -0.39 is 12.0 Å². The van der Waals surface area contributed by atoms with Crippen LogP contribution in [0.4, 0.5) is 18.9 Å². The van der Waals surface area contributed by atoms with Gasteiger partial charge in [0.05, 0.1) is 0 Å². The van der Waals surface area contributed by atoms with Gasteiger partial charge in [0.2, 0.25) is 5.91 Å². The van der Waals surface area contributed by atoms with E-state index in [1.165, 1.54) is 0 Å². The van der Waals surface area contributed by atoms with Crippen LogP contribution in [0, 0.1) is 13.8 Å². The maximum atomic E-state index is 12.9. The molecule has 9 heteroatoms. The standard InChI is InChI=1S/C19H18F3N5O/c1-11-14(12(2)27-18(23-11)24-17(25-27)19(20,21)22)7-8-16(28)26-10-9-13-5-3-4-6-15(13)26/h3-6H,7-10H2,1-2H3. The van der Waals surface area contributed by atoms with Gasteiger partial charge in [-0.2, -0.15) is 18.2 Å². The van der Waals surface area contributed by atoms with Crippen molar-refractivity contribution in [2.45, 2.75) is 39.3 Å². The van der Waals surface area contributed by atoms with Crippen LogP contribution in [0.1, 0.15) is 34.8 Å². The zero-order chi connectivity index (χ0) is 20.1. The molecule has 1 amide bonds. The first-order valence-electron chi connectivity index (χ1n) is 8.94. The van der Waals surface area contributed by atoms with Crippen molar-refractivity contribution < 1.29 is 18.0 Å². The van der Waals surface area contributed by atoms with Crippen molar-refractivity contribution in [3.05, 3.63) is 52.6 Å². The summed E-state index contributed by atoms with van der Waals surface area (Å²) in [6.07, 6.45) is -3.19. The maximum Gasteiger partial charge on any atom is 0.453 e. The van der Waals surface area contributed by atoms with E-state index in [4.69, 9.17) is 0 Å². The Morgan fingerprint density at radius 2 is 1.93 bits per heavy atom. The molecule has 0 fully saturated rings. The number of hydrogen-bond donors (Lipinski definition) is 0. The van der Waals surface area contributed by atoms with Gasteiger partial charge in [0.15, 0.2) is 0 Å². The molecule has 4 rings (SSSR count). The first-order chi connectivity index (χ1) is 13.3. The van der Waals surface area contributed by atoms with E-state index in [-0.39, 0.29) is 18.1 Å². The number of fused-ring (bicyclic) bond motifs is 2. The van der Waals surface area contributed by atoms with Gasteiger partial charge >= 0.3 is 6.18 Å². The quantitative estimate of drug-likeness (QED) is 0.690. The number of amides is 1. The van der Waals surface area contributed by atoms with Gasteiger partial charge in [0.1, 0.15) is 0 Å². The Hall–Kier alpha value is -2.97. The Morgan fingerprint density at radius 3 is 2.68 bits per heavy atom. The number of halogens is 3. The van der Waals surface area contributed by atoms with Gasteiger partial charge in [0, 0.05) is 30.0 Å². The number of hydrogen-bond acceptors (Lipinski definition) is 4. The molecule has 0 radical (unpaired) electrons. The highest BCUT2D eigenvalue weighted by Gasteiger charge is 2.37. The number of aromatic nitrogens is 4. The van der Waals surface area contributed by atoms with Gasteiger partial charge in [-0.3, -0.25) is 4.79 Å². The second kappa shape index (κ2) is 6.57. The molecule has 28 heavy (non-hydrogen) atoms. The molecule has 6 nitrogen and oxygen atoms in total. The minimum Gasteiger partial charge on any atom is -0.312 e. The topological polar surface area (TPSA) is 63.4 Å². The Balaban J connectivity index is 1.57. The van der Waals surface area contributed by atoms with Crippen LogP contribution in [0.25, 0.3) is 5.78 Å². The molecule has 0 atom stereocenters. The van der Waals surface area contributed by atoms with Crippen LogP contribution in [0.5, 0.6) is 0 Å². The molecule has 0 saturated carbocycles. The van der Waals surface area contributed by atoms with Crippen molar-refractivity contribution in [1.29, 1.82) is 0 Å². The zero-order valence-corrected chi connectivity index (χ0v) is 15.4. The lowest BCUT2D eigenvalue weighted by molar-refractivity contribution is -0.144. The molecule has 0 spiro atoms. The lowest BCUT2D eigenvalue weighted by atomic mass is 10.1. The highest BCUT2D eigenvalue weighted by molar-refractivity contribution is 5.95. The third kappa shape index (κ3) is 3.10. The zero-order valence-electron chi connectivity index (χ0n) is 15.4. The number of aryl methyl sites for hydroxylation is 2. The normalized spacial score (nSPS) is 14.0. The van der Waals surface area contributed by atoms with E-state index in [0.717, 1.165) is 22.2 Å². The fraction of sp³-hybridized carbons (Fsp3) is 0.368.